The maximum absolute atomic E-state index is 12.8. The van der Waals surface area contributed by atoms with E-state index in [9.17, 15) is 15.0 Å². The van der Waals surface area contributed by atoms with Gasteiger partial charge in [0, 0.05) is 6.42 Å². The van der Waals surface area contributed by atoms with E-state index in [0.717, 1.165) is 32.1 Å². The molecule has 39 heavy (non-hydrogen) atoms. The van der Waals surface area contributed by atoms with Gasteiger partial charge in [0.25, 0.3) is 0 Å². The Hall–Kier alpha value is -0.750. The lowest BCUT2D eigenvalue weighted by atomic mass is 9.84. The maximum Gasteiger partial charge on any atom is 0.159 e. The molecule has 6 N–H and O–H groups in total. The minimum atomic E-state index is -1.84. The molecule has 3 atom stereocenters. The zero-order chi connectivity index (χ0) is 29.0. The van der Waals surface area contributed by atoms with Gasteiger partial charge in [-0.15, -0.1) is 0 Å². The average Bonchev–Trinajstić information content (AvgIpc) is 2.92. The van der Waals surface area contributed by atoms with Gasteiger partial charge in [0.2, 0.25) is 0 Å². The normalized spacial score (nSPS) is 15.0. The third-order valence-corrected chi connectivity index (χ3v) is 8.26. The molecule has 0 rings (SSSR count). The molecule has 0 saturated heterocycles. The molecule has 0 aliphatic carbocycles. The van der Waals surface area contributed by atoms with Crippen LogP contribution in [0.3, 0.4) is 0 Å². The molecule has 0 aromatic heterocycles. The second kappa shape index (κ2) is 27.4. The van der Waals surface area contributed by atoms with Crippen LogP contribution in [0.2, 0.25) is 0 Å². The summed E-state index contributed by atoms with van der Waals surface area (Å²) in [5.41, 5.74) is 10.0. The molecule has 0 heterocycles. The quantitative estimate of drug-likeness (QED) is 0.0405. The molecule has 0 aliphatic heterocycles. The van der Waals surface area contributed by atoms with Gasteiger partial charge in [0.05, 0.1) is 0 Å². The van der Waals surface area contributed by atoms with Crippen LogP contribution in [-0.4, -0.2) is 33.9 Å². The van der Waals surface area contributed by atoms with Crippen LogP contribution in [0.4, 0.5) is 0 Å². The van der Waals surface area contributed by atoms with Crippen LogP contribution in [0.1, 0.15) is 181 Å². The average molecular weight is 553 g/mol. The molecule has 0 aromatic rings. The van der Waals surface area contributed by atoms with Gasteiger partial charge in [0.1, 0.15) is 17.9 Å². The number of hydrogen-bond donors (Lipinski definition) is 4. The van der Waals surface area contributed by atoms with Crippen molar-refractivity contribution in [3.8, 4) is 0 Å². The zero-order valence-electron chi connectivity index (χ0n) is 26.2. The molecule has 0 bridgehead atoms. The summed E-state index contributed by atoms with van der Waals surface area (Å²) in [7, 11) is 0. The van der Waals surface area contributed by atoms with Crippen molar-refractivity contribution in [3.05, 3.63) is 12.2 Å². The second-order valence-corrected chi connectivity index (χ2v) is 12.0. The Kier molecular flexibility index (Phi) is 26.9. The van der Waals surface area contributed by atoms with Crippen molar-refractivity contribution in [2.75, 3.05) is 0 Å². The van der Waals surface area contributed by atoms with Crippen molar-refractivity contribution in [2.24, 2.45) is 11.5 Å². The standard InChI is InChI=1S/C34H68N2O3/c1-3-5-7-9-11-13-15-17-19-21-23-25-27-29-31(37)34(36,33(35)39)32(38)30-28-26-24-22-20-18-16-14-12-10-8-6-4-2/h27,29,31,33,37,39H,3-26,28,30,35-36H2,1-2H3/b29-27+/t31-,33?,34-/m1/s1. The van der Waals surface area contributed by atoms with E-state index in [0.29, 0.717) is 0 Å². The van der Waals surface area contributed by atoms with Crippen molar-refractivity contribution >= 4 is 5.78 Å². The Bertz CT molecular complexity index is 567. The smallest absolute Gasteiger partial charge is 0.159 e. The van der Waals surface area contributed by atoms with Crippen molar-refractivity contribution in [1.29, 1.82) is 0 Å². The number of allylic oxidation sites excluding steroid dienone is 1. The fourth-order valence-electron chi connectivity index (χ4n) is 5.34. The van der Waals surface area contributed by atoms with E-state index in [-0.39, 0.29) is 12.2 Å². The van der Waals surface area contributed by atoms with E-state index >= 15 is 0 Å². The second-order valence-electron chi connectivity index (χ2n) is 12.0. The fourth-order valence-corrected chi connectivity index (χ4v) is 5.34. The van der Waals surface area contributed by atoms with E-state index < -0.39 is 17.9 Å². The van der Waals surface area contributed by atoms with Gasteiger partial charge in [-0.25, -0.2) is 0 Å². The Morgan fingerprint density at radius 3 is 1.31 bits per heavy atom. The highest BCUT2D eigenvalue weighted by Crippen LogP contribution is 2.19. The maximum atomic E-state index is 12.8. The van der Waals surface area contributed by atoms with Crippen LogP contribution < -0.4 is 11.5 Å². The van der Waals surface area contributed by atoms with E-state index in [1.54, 1.807) is 6.08 Å². The molecule has 1 unspecified atom stereocenters. The number of hydrogen-bond acceptors (Lipinski definition) is 5. The zero-order valence-corrected chi connectivity index (χ0v) is 26.2. The summed E-state index contributed by atoms with van der Waals surface area (Å²) in [6, 6.07) is 0. The van der Waals surface area contributed by atoms with Gasteiger partial charge >= 0.3 is 0 Å². The van der Waals surface area contributed by atoms with Crippen LogP contribution in [0.15, 0.2) is 12.2 Å². The highest BCUT2D eigenvalue weighted by molar-refractivity contribution is 5.89. The first-order chi connectivity index (χ1) is 18.9. The number of ketones is 1. The van der Waals surface area contributed by atoms with E-state index in [4.69, 9.17) is 11.5 Å². The van der Waals surface area contributed by atoms with Crippen LogP contribution in [0, 0.1) is 0 Å². The van der Waals surface area contributed by atoms with Crippen molar-refractivity contribution < 1.29 is 15.0 Å². The minimum absolute atomic E-state index is 0.242. The van der Waals surface area contributed by atoms with Crippen LogP contribution in [-0.2, 0) is 4.79 Å². The minimum Gasteiger partial charge on any atom is -0.386 e. The van der Waals surface area contributed by atoms with Crippen LogP contribution in [0.25, 0.3) is 0 Å². The molecule has 5 heteroatoms. The SMILES string of the molecule is CCCCCCCCCCCCC/C=C/[C@@H](O)[C@@](N)(C(=O)CCCCCCCCCCCCCCC)C(N)O. The van der Waals surface area contributed by atoms with Gasteiger partial charge < -0.3 is 21.7 Å². The molecule has 232 valence electrons. The number of nitrogens with two attached hydrogens (primary N) is 2. The summed E-state index contributed by atoms with van der Waals surface area (Å²) in [5.74, 6) is -0.354. The molecule has 0 spiro atoms. The molecule has 0 fully saturated rings. The fraction of sp³-hybridized carbons (Fsp3) is 0.912. The van der Waals surface area contributed by atoms with Gasteiger partial charge in [0.15, 0.2) is 5.78 Å². The molecule has 0 aliphatic rings. The van der Waals surface area contributed by atoms with Crippen molar-refractivity contribution in [1.82, 2.24) is 0 Å². The Morgan fingerprint density at radius 2 is 0.949 bits per heavy atom. The first-order valence-corrected chi connectivity index (χ1v) is 17.0. The number of Topliss-reactive ketones (excluding diaryl/α,β-unsaturated/α-hetero) is 1. The molecule has 0 saturated carbocycles. The van der Waals surface area contributed by atoms with E-state index in [2.05, 4.69) is 13.8 Å². The van der Waals surface area contributed by atoms with E-state index in [1.807, 2.05) is 6.08 Å². The Balaban J connectivity index is 3.96. The predicted molar refractivity (Wildman–Crippen MR) is 169 cm³/mol. The molecule has 0 aromatic carbocycles. The lowest BCUT2D eigenvalue weighted by molar-refractivity contribution is -0.133. The summed E-state index contributed by atoms with van der Waals surface area (Å²) < 4.78 is 0. The van der Waals surface area contributed by atoms with E-state index in [1.165, 1.54) is 128 Å². The summed E-state index contributed by atoms with van der Waals surface area (Å²) in [6.45, 7) is 4.51. The summed E-state index contributed by atoms with van der Waals surface area (Å²) in [5, 5.41) is 20.7. The van der Waals surface area contributed by atoms with Gasteiger partial charge in [-0.3, -0.25) is 4.79 Å². The first-order valence-electron chi connectivity index (χ1n) is 17.0. The number of rotatable bonds is 30. The van der Waals surface area contributed by atoms with Gasteiger partial charge in [-0.1, -0.05) is 167 Å². The predicted octanol–water partition coefficient (Wildman–Crippen LogP) is 8.63. The molecule has 5 nitrogen and oxygen atoms in total. The number of aliphatic hydroxyl groups excluding tert-OH is 2. The summed E-state index contributed by atoms with van der Waals surface area (Å²) in [4.78, 5) is 12.8. The van der Waals surface area contributed by atoms with Crippen molar-refractivity contribution in [2.45, 2.75) is 199 Å². The number of unbranched alkanes of at least 4 members (excludes halogenated alkanes) is 23. The summed E-state index contributed by atoms with van der Waals surface area (Å²) >= 11 is 0. The molecular weight excluding hydrogens is 484 g/mol. The van der Waals surface area contributed by atoms with Gasteiger partial charge in [-0.05, 0) is 19.3 Å². The Labute approximate surface area is 243 Å². The lowest BCUT2D eigenvalue weighted by Gasteiger charge is -2.33. The molecular formula is C34H68N2O3. The lowest BCUT2D eigenvalue weighted by Crippen LogP contribution is -2.67. The molecule has 0 amide bonds. The number of aliphatic hydroxyl groups is 2. The summed E-state index contributed by atoms with van der Waals surface area (Å²) in [6.07, 6.45) is 31.9. The highest BCUT2D eigenvalue weighted by atomic mass is 16.3. The molecule has 0 radical (unpaired) electrons. The van der Waals surface area contributed by atoms with Crippen LogP contribution in [0.5, 0.6) is 0 Å². The van der Waals surface area contributed by atoms with Crippen LogP contribution >= 0.6 is 0 Å². The monoisotopic (exact) mass is 553 g/mol. The first kappa shape index (κ1) is 38.2. The number of carbonyl (C=O) groups excluding carboxylic acids is 1. The van der Waals surface area contributed by atoms with Gasteiger partial charge in [-0.2, -0.15) is 0 Å². The number of carbonyl (C=O) groups is 1. The third-order valence-electron chi connectivity index (χ3n) is 8.26. The largest absolute Gasteiger partial charge is 0.386 e. The third kappa shape index (κ3) is 20.7. The Morgan fingerprint density at radius 1 is 0.615 bits per heavy atom. The topological polar surface area (TPSA) is 110 Å². The highest BCUT2D eigenvalue weighted by Gasteiger charge is 2.44. The van der Waals surface area contributed by atoms with Crippen molar-refractivity contribution in [3.63, 3.8) is 0 Å².